The number of carbonyl (C=O) groups is 2. The van der Waals surface area contributed by atoms with Gasteiger partial charge in [0.2, 0.25) is 0 Å². The number of unbranched alkanes of at least 4 members (excludes halogenated alkanes) is 55. The van der Waals surface area contributed by atoms with Crippen LogP contribution in [0, 0.1) is 0 Å². The Kier molecular flexibility index (Phi) is 70.1. The maximum absolute atomic E-state index is 12.9. The van der Waals surface area contributed by atoms with Gasteiger partial charge in [0.25, 0.3) is 0 Å². The maximum Gasteiger partial charge on any atom is 0.472 e. The van der Waals surface area contributed by atoms with E-state index in [1.807, 2.05) is 21.1 Å². The van der Waals surface area contributed by atoms with Crippen LogP contribution in [0.15, 0.2) is 36.5 Å². The molecule has 0 aromatic heterocycles. The summed E-state index contributed by atoms with van der Waals surface area (Å²) in [7, 11) is 1.50. The zero-order chi connectivity index (χ0) is 65.5. The number of hydrogen-bond acceptors (Lipinski definition) is 7. The highest BCUT2D eigenvalue weighted by Crippen LogP contribution is 2.43. The largest absolute Gasteiger partial charge is 0.472 e. The third-order valence-corrected chi connectivity index (χ3v) is 19.2. The molecule has 90 heavy (non-hydrogen) atoms. The zero-order valence-electron chi connectivity index (χ0n) is 60.9. The minimum Gasteiger partial charge on any atom is -0.462 e. The standard InChI is InChI=1S/C80H154NO8P/c1-6-8-10-12-14-16-18-20-22-24-26-28-30-32-34-36-37-38-39-40-41-42-43-45-47-49-51-53-55-57-59-61-63-65-67-69-71-73-80(83)89-78(77-88-90(84,85)87-75-74-81(3,4)5)76-86-79(82)72-70-68-66-64-62-60-58-56-54-52-50-48-46-44-35-33-31-29-27-25-23-21-19-17-15-13-11-9-7-2/h18,20,24,26,30,32,78H,6-17,19,21-23,25,27-29,31,33-77H2,1-5H3/p+1/b20-18-,26-24-,32-30-. The van der Waals surface area contributed by atoms with Gasteiger partial charge in [-0.05, 0) is 51.4 Å². The van der Waals surface area contributed by atoms with Crippen LogP contribution in [0.4, 0.5) is 0 Å². The number of quaternary nitrogens is 1. The summed E-state index contributed by atoms with van der Waals surface area (Å²) >= 11 is 0. The first-order valence-electron chi connectivity index (χ1n) is 39.7. The molecule has 0 heterocycles. The molecule has 0 rings (SSSR count). The van der Waals surface area contributed by atoms with Crippen molar-refractivity contribution in [3.8, 4) is 0 Å². The van der Waals surface area contributed by atoms with Crippen LogP contribution in [0.5, 0.6) is 0 Å². The Hall–Kier alpha value is -1.77. The Labute approximate surface area is 561 Å². The second-order valence-electron chi connectivity index (χ2n) is 28.5. The lowest BCUT2D eigenvalue weighted by Gasteiger charge is -2.24. The summed E-state index contributed by atoms with van der Waals surface area (Å²) in [5.74, 6) is -0.770. The van der Waals surface area contributed by atoms with Crippen molar-refractivity contribution in [2.24, 2.45) is 0 Å². The van der Waals surface area contributed by atoms with Gasteiger partial charge >= 0.3 is 19.8 Å². The summed E-state index contributed by atoms with van der Waals surface area (Å²) in [6.45, 7) is 4.51. The number of phosphoric ester groups is 1. The second-order valence-corrected chi connectivity index (χ2v) is 29.9. The highest BCUT2D eigenvalue weighted by atomic mass is 31.2. The molecule has 1 N–H and O–H groups in total. The van der Waals surface area contributed by atoms with E-state index in [4.69, 9.17) is 18.5 Å². The molecule has 0 aromatic carbocycles. The molecule has 10 heteroatoms. The highest BCUT2D eigenvalue weighted by molar-refractivity contribution is 7.47. The number of carbonyl (C=O) groups excluding carboxylic acids is 2. The Bertz CT molecular complexity index is 1610. The van der Waals surface area contributed by atoms with Gasteiger partial charge in [-0.25, -0.2) is 4.57 Å². The van der Waals surface area contributed by atoms with Crippen LogP contribution in [0.25, 0.3) is 0 Å². The SMILES string of the molecule is CCCCCCC/C=C\C/C=C\C/C=C\CCCCCCCCCCCCCCCCCCCCCCCCC(=O)OC(COC(=O)CCCCCCCCCCCCCCCCCCCCCCCCCCCCCCC)COP(=O)(O)OCC[N+](C)(C)C. The van der Waals surface area contributed by atoms with E-state index in [0.29, 0.717) is 23.9 Å². The van der Waals surface area contributed by atoms with Gasteiger partial charge in [0.1, 0.15) is 19.8 Å². The van der Waals surface area contributed by atoms with E-state index in [9.17, 15) is 19.0 Å². The van der Waals surface area contributed by atoms with E-state index in [1.165, 1.54) is 334 Å². The predicted molar refractivity (Wildman–Crippen MR) is 390 cm³/mol. The zero-order valence-corrected chi connectivity index (χ0v) is 61.8. The molecule has 532 valence electrons. The third kappa shape index (κ3) is 75.3. The Morgan fingerprint density at radius 1 is 0.344 bits per heavy atom. The molecule has 0 spiro atoms. The minimum atomic E-state index is -4.39. The first-order chi connectivity index (χ1) is 44.0. The average molecular weight is 1290 g/mol. The van der Waals surface area contributed by atoms with E-state index >= 15 is 0 Å². The molecule has 2 atom stereocenters. The fraction of sp³-hybridized carbons (Fsp3) is 0.900. The van der Waals surface area contributed by atoms with Gasteiger partial charge in [0.05, 0.1) is 27.7 Å². The second kappa shape index (κ2) is 71.5. The van der Waals surface area contributed by atoms with Gasteiger partial charge in [-0.1, -0.05) is 384 Å². The van der Waals surface area contributed by atoms with Crippen LogP contribution in [0.2, 0.25) is 0 Å². The molecule has 0 aliphatic heterocycles. The fourth-order valence-corrected chi connectivity index (χ4v) is 12.8. The molecule has 0 fully saturated rings. The van der Waals surface area contributed by atoms with Gasteiger partial charge in [0, 0.05) is 12.8 Å². The number of allylic oxidation sites excluding steroid dienone is 6. The molecule has 0 aromatic rings. The molecular weight excluding hydrogens is 1130 g/mol. The van der Waals surface area contributed by atoms with Crippen molar-refractivity contribution >= 4 is 19.8 Å². The first kappa shape index (κ1) is 88.2. The lowest BCUT2D eigenvalue weighted by molar-refractivity contribution is -0.870. The topological polar surface area (TPSA) is 108 Å². The van der Waals surface area contributed by atoms with Crippen molar-refractivity contribution in [2.45, 2.75) is 418 Å². The number of likely N-dealkylation sites (N-methyl/N-ethyl adjacent to an activating group) is 1. The Balaban J connectivity index is 3.91. The van der Waals surface area contributed by atoms with Crippen LogP contribution in [0.3, 0.4) is 0 Å². The highest BCUT2D eigenvalue weighted by Gasteiger charge is 2.27. The van der Waals surface area contributed by atoms with Crippen molar-refractivity contribution in [1.82, 2.24) is 0 Å². The summed E-state index contributed by atoms with van der Waals surface area (Å²) < 4.78 is 34.8. The summed E-state index contributed by atoms with van der Waals surface area (Å²) in [4.78, 5) is 36.0. The monoisotopic (exact) mass is 1290 g/mol. The van der Waals surface area contributed by atoms with Crippen molar-refractivity contribution in [1.29, 1.82) is 0 Å². The fourth-order valence-electron chi connectivity index (χ4n) is 12.1. The smallest absolute Gasteiger partial charge is 0.462 e. The van der Waals surface area contributed by atoms with Crippen LogP contribution in [0.1, 0.15) is 412 Å². The lowest BCUT2D eigenvalue weighted by Crippen LogP contribution is -2.37. The Morgan fingerprint density at radius 3 is 0.889 bits per heavy atom. The van der Waals surface area contributed by atoms with Crippen molar-refractivity contribution in [2.75, 3.05) is 47.5 Å². The van der Waals surface area contributed by atoms with Gasteiger partial charge in [-0.15, -0.1) is 0 Å². The quantitative estimate of drug-likeness (QED) is 0.0211. The number of phosphoric acid groups is 1. The molecule has 0 aliphatic rings. The van der Waals surface area contributed by atoms with E-state index in [-0.39, 0.29) is 25.6 Å². The molecule has 2 unspecified atom stereocenters. The number of rotatable bonds is 75. The average Bonchev–Trinajstić information content (AvgIpc) is 3.58. The van der Waals surface area contributed by atoms with E-state index in [0.717, 1.165) is 44.9 Å². The molecule has 0 saturated carbocycles. The number of esters is 2. The van der Waals surface area contributed by atoms with Crippen LogP contribution >= 0.6 is 7.82 Å². The molecule has 0 amide bonds. The molecule has 0 aliphatic carbocycles. The normalized spacial score (nSPS) is 13.2. The first-order valence-corrected chi connectivity index (χ1v) is 41.2. The lowest BCUT2D eigenvalue weighted by atomic mass is 10.0. The summed E-state index contributed by atoms with van der Waals surface area (Å²) in [5, 5.41) is 0. The number of hydrogen-bond donors (Lipinski definition) is 1. The van der Waals surface area contributed by atoms with Crippen molar-refractivity contribution in [3.05, 3.63) is 36.5 Å². The molecule has 0 bridgehead atoms. The van der Waals surface area contributed by atoms with E-state index in [1.54, 1.807) is 0 Å². The van der Waals surface area contributed by atoms with E-state index in [2.05, 4.69) is 50.3 Å². The number of ether oxygens (including phenoxy) is 2. The van der Waals surface area contributed by atoms with Crippen LogP contribution in [-0.4, -0.2) is 74.9 Å². The van der Waals surface area contributed by atoms with Gasteiger partial charge < -0.3 is 18.9 Å². The third-order valence-electron chi connectivity index (χ3n) is 18.2. The van der Waals surface area contributed by atoms with Gasteiger partial charge in [-0.3, -0.25) is 18.6 Å². The predicted octanol–water partition coefficient (Wildman–Crippen LogP) is 26.2. The van der Waals surface area contributed by atoms with Gasteiger partial charge in [-0.2, -0.15) is 0 Å². The van der Waals surface area contributed by atoms with Crippen LogP contribution < -0.4 is 0 Å². The summed E-state index contributed by atoms with van der Waals surface area (Å²) in [6.07, 6.45) is 92.9. The Morgan fingerprint density at radius 2 is 0.600 bits per heavy atom. The van der Waals surface area contributed by atoms with E-state index < -0.39 is 26.5 Å². The maximum atomic E-state index is 12.9. The van der Waals surface area contributed by atoms with Gasteiger partial charge in [0.15, 0.2) is 6.10 Å². The van der Waals surface area contributed by atoms with Crippen molar-refractivity contribution in [3.63, 3.8) is 0 Å². The summed E-state index contributed by atoms with van der Waals surface area (Å²) in [6, 6.07) is 0. The summed E-state index contributed by atoms with van der Waals surface area (Å²) in [5.41, 5.74) is 0. The molecular formula is C80H155NO8P+. The number of nitrogens with zero attached hydrogens (tertiary/aromatic N) is 1. The molecule has 9 nitrogen and oxygen atoms in total. The minimum absolute atomic E-state index is 0.0356. The van der Waals surface area contributed by atoms with Crippen LogP contribution in [-0.2, 0) is 32.7 Å². The van der Waals surface area contributed by atoms with Crippen molar-refractivity contribution < 1.29 is 42.1 Å². The molecule has 0 saturated heterocycles. The molecule has 0 radical (unpaired) electrons.